The predicted octanol–water partition coefficient (Wildman–Crippen LogP) is 1.88. The van der Waals surface area contributed by atoms with Crippen molar-refractivity contribution >= 4 is 40.1 Å². The van der Waals surface area contributed by atoms with Crippen molar-refractivity contribution < 1.29 is 9.59 Å². The molecule has 8 nitrogen and oxygen atoms in total. The van der Waals surface area contributed by atoms with Crippen LogP contribution in [0.25, 0.3) is 0 Å². The summed E-state index contributed by atoms with van der Waals surface area (Å²) >= 11 is 2.05. The fourth-order valence-corrected chi connectivity index (χ4v) is 2.79. The van der Waals surface area contributed by atoms with Crippen LogP contribution in [-0.2, 0) is 13.6 Å². The van der Waals surface area contributed by atoms with E-state index in [0.29, 0.717) is 30.4 Å². The fourth-order valence-electron chi connectivity index (χ4n) is 2.07. The second-order valence-electron chi connectivity index (χ2n) is 5.77. The molecule has 0 unspecified atom stereocenters. The summed E-state index contributed by atoms with van der Waals surface area (Å²) in [5.41, 5.74) is 1.04. The molecule has 2 rings (SSSR count). The van der Waals surface area contributed by atoms with Gasteiger partial charge in [0.1, 0.15) is 5.69 Å². The summed E-state index contributed by atoms with van der Waals surface area (Å²) in [7, 11) is 1.70. The molecule has 0 radical (unpaired) electrons. The van der Waals surface area contributed by atoms with Crippen molar-refractivity contribution in [3.05, 3.63) is 27.4 Å². The van der Waals surface area contributed by atoms with Gasteiger partial charge in [0.2, 0.25) is 0 Å². The van der Waals surface area contributed by atoms with Crippen LogP contribution in [0.1, 0.15) is 41.7 Å². The molecule has 0 bridgehead atoms. The number of nitrogens with zero attached hydrogens (tertiary/aromatic N) is 4. The van der Waals surface area contributed by atoms with Crippen LogP contribution in [0.2, 0.25) is 0 Å². The molecule has 2 heterocycles. The quantitative estimate of drug-likeness (QED) is 0.666. The number of carbonyl (C=O) groups excluding carboxylic acids is 2. The third-order valence-electron chi connectivity index (χ3n) is 3.33. The molecule has 0 aliphatic heterocycles. The molecular weight excluding hydrogens is 423 g/mol. The topological polar surface area (TPSA) is 93.8 Å². The number of hydrogen-bond acceptors (Lipinski definition) is 4. The standard InChI is InChI=1S/C15H21IN6O2/c1-5-22-8-11(12(20-22)14(23)17-6-9(2)3)19-15(24)13-10(16)7-18-21(13)4/h7-9H,5-6H2,1-4H3,(H,17,23)(H,19,24). The van der Waals surface area contributed by atoms with Gasteiger partial charge in [-0.05, 0) is 35.4 Å². The van der Waals surface area contributed by atoms with Crippen LogP contribution < -0.4 is 10.6 Å². The summed E-state index contributed by atoms with van der Waals surface area (Å²) in [6, 6.07) is 0. The summed E-state index contributed by atoms with van der Waals surface area (Å²) in [5, 5.41) is 13.9. The van der Waals surface area contributed by atoms with Crippen LogP contribution in [0.3, 0.4) is 0 Å². The first-order chi connectivity index (χ1) is 11.3. The Balaban J connectivity index is 2.24. The first-order valence-corrected chi connectivity index (χ1v) is 8.75. The highest BCUT2D eigenvalue weighted by atomic mass is 127. The predicted molar refractivity (Wildman–Crippen MR) is 99.0 cm³/mol. The molecule has 0 aliphatic carbocycles. The number of aromatic nitrogens is 4. The van der Waals surface area contributed by atoms with E-state index in [2.05, 4.69) is 43.4 Å². The average molecular weight is 444 g/mol. The number of halogens is 1. The molecule has 0 saturated heterocycles. The zero-order valence-electron chi connectivity index (χ0n) is 14.1. The minimum atomic E-state index is -0.326. The maximum atomic E-state index is 12.5. The van der Waals surface area contributed by atoms with E-state index < -0.39 is 0 Å². The van der Waals surface area contributed by atoms with Crippen molar-refractivity contribution in [2.75, 3.05) is 11.9 Å². The molecule has 24 heavy (non-hydrogen) atoms. The van der Waals surface area contributed by atoms with Crippen LogP contribution >= 0.6 is 22.6 Å². The Morgan fingerprint density at radius 3 is 2.58 bits per heavy atom. The highest BCUT2D eigenvalue weighted by Crippen LogP contribution is 2.17. The summed E-state index contributed by atoms with van der Waals surface area (Å²) in [6.07, 6.45) is 3.27. The Morgan fingerprint density at radius 1 is 1.33 bits per heavy atom. The summed E-state index contributed by atoms with van der Waals surface area (Å²) in [5.74, 6) is -0.296. The van der Waals surface area contributed by atoms with Crippen molar-refractivity contribution in [1.29, 1.82) is 0 Å². The summed E-state index contributed by atoms with van der Waals surface area (Å²) < 4.78 is 3.86. The first kappa shape index (κ1) is 18.4. The third-order valence-corrected chi connectivity index (χ3v) is 4.12. The van der Waals surface area contributed by atoms with Crippen LogP contribution in [-0.4, -0.2) is 37.9 Å². The van der Waals surface area contributed by atoms with Gasteiger partial charge in [-0.3, -0.25) is 19.0 Å². The minimum absolute atomic E-state index is 0.211. The molecule has 0 atom stereocenters. The second-order valence-corrected chi connectivity index (χ2v) is 6.93. The monoisotopic (exact) mass is 444 g/mol. The zero-order chi connectivity index (χ0) is 17.9. The molecule has 0 fully saturated rings. The van der Waals surface area contributed by atoms with Gasteiger partial charge in [-0.25, -0.2) is 0 Å². The van der Waals surface area contributed by atoms with E-state index in [1.807, 2.05) is 20.8 Å². The maximum absolute atomic E-state index is 12.5. The molecule has 130 valence electrons. The Morgan fingerprint density at radius 2 is 2.04 bits per heavy atom. The SMILES string of the molecule is CCn1cc(NC(=O)c2c(I)cnn2C)c(C(=O)NCC(C)C)n1. The number of anilines is 1. The minimum Gasteiger partial charge on any atom is -0.350 e. The number of amides is 2. The van der Waals surface area contributed by atoms with Crippen molar-refractivity contribution in [2.24, 2.45) is 13.0 Å². The smallest absolute Gasteiger partial charge is 0.275 e. The lowest BCUT2D eigenvalue weighted by Crippen LogP contribution is -2.29. The van der Waals surface area contributed by atoms with E-state index >= 15 is 0 Å². The van der Waals surface area contributed by atoms with Gasteiger partial charge >= 0.3 is 0 Å². The lowest BCUT2D eigenvalue weighted by molar-refractivity contribution is 0.0944. The highest BCUT2D eigenvalue weighted by molar-refractivity contribution is 14.1. The molecule has 0 spiro atoms. The molecule has 2 aromatic rings. The van der Waals surface area contributed by atoms with Gasteiger partial charge in [-0.15, -0.1) is 0 Å². The van der Waals surface area contributed by atoms with Gasteiger partial charge in [0.05, 0.1) is 15.5 Å². The number of rotatable bonds is 6. The zero-order valence-corrected chi connectivity index (χ0v) is 16.3. The van der Waals surface area contributed by atoms with Crippen LogP contribution in [0.4, 0.5) is 5.69 Å². The van der Waals surface area contributed by atoms with Crippen LogP contribution in [0.5, 0.6) is 0 Å². The highest BCUT2D eigenvalue weighted by Gasteiger charge is 2.21. The lowest BCUT2D eigenvalue weighted by Gasteiger charge is -2.08. The number of aryl methyl sites for hydroxylation is 2. The van der Waals surface area contributed by atoms with Crippen molar-refractivity contribution in [2.45, 2.75) is 27.3 Å². The molecule has 2 N–H and O–H groups in total. The first-order valence-electron chi connectivity index (χ1n) is 7.68. The molecule has 2 aromatic heterocycles. The Labute approximate surface area is 154 Å². The van der Waals surface area contributed by atoms with Crippen molar-refractivity contribution in [1.82, 2.24) is 24.9 Å². The lowest BCUT2D eigenvalue weighted by atomic mass is 10.2. The molecule has 2 amide bonds. The second kappa shape index (κ2) is 7.77. The third kappa shape index (κ3) is 4.13. The molecule has 0 aliphatic rings. The van der Waals surface area contributed by atoms with Gasteiger partial charge < -0.3 is 10.6 Å². The van der Waals surface area contributed by atoms with E-state index in [4.69, 9.17) is 0 Å². The van der Waals surface area contributed by atoms with Gasteiger partial charge in [-0.1, -0.05) is 13.8 Å². The Bertz CT molecular complexity index is 730. The molecule has 0 aromatic carbocycles. The molecule has 9 heteroatoms. The van der Waals surface area contributed by atoms with Gasteiger partial charge in [0.25, 0.3) is 11.8 Å². The van der Waals surface area contributed by atoms with E-state index in [-0.39, 0.29) is 17.5 Å². The van der Waals surface area contributed by atoms with Crippen molar-refractivity contribution in [3.63, 3.8) is 0 Å². The molecule has 0 saturated carbocycles. The Kier molecular flexibility index (Phi) is 5.97. The van der Waals surface area contributed by atoms with E-state index in [9.17, 15) is 9.59 Å². The summed E-state index contributed by atoms with van der Waals surface area (Å²) in [6.45, 7) is 7.09. The van der Waals surface area contributed by atoms with Gasteiger partial charge in [-0.2, -0.15) is 10.2 Å². The van der Waals surface area contributed by atoms with Crippen LogP contribution in [0.15, 0.2) is 12.4 Å². The largest absolute Gasteiger partial charge is 0.350 e. The fraction of sp³-hybridized carbons (Fsp3) is 0.467. The van der Waals surface area contributed by atoms with Crippen molar-refractivity contribution in [3.8, 4) is 0 Å². The normalized spacial score (nSPS) is 10.9. The van der Waals surface area contributed by atoms with Gasteiger partial charge in [0.15, 0.2) is 5.69 Å². The average Bonchev–Trinajstić information content (AvgIpc) is 3.08. The van der Waals surface area contributed by atoms with E-state index in [0.717, 1.165) is 3.57 Å². The van der Waals surface area contributed by atoms with Crippen LogP contribution in [0, 0.1) is 9.49 Å². The van der Waals surface area contributed by atoms with Gasteiger partial charge in [0, 0.05) is 26.3 Å². The Hall–Kier alpha value is -1.91. The van der Waals surface area contributed by atoms with E-state index in [1.165, 1.54) is 4.68 Å². The number of nitrogens with one attached hydrogen (secondary N) is 2. The molecular formula is C15H21IN6O2. The number of hydrogen-bond donors (Lipinski definition) is 2. The maximum Gasteiger partial charge on any atom is 0.275 e. The number of carbonyl (C=O) groups is 2. The summed E-state index contributed by atoms with van der Waals surface area (Å²) in [4.78, 5) is 24.9. The van der Waals surface area contributed by atoms with E-state index in [1.54, 1.807) is 24.1 Å².